The van der Waals surface area contributed by atoms with Crippen molar-refractivity contribution in [2.24, 2.45) is 0 Å². The third kappa shape index (κ3) is 3.91. The van der Waals surface area contributed by atoms with E-state index in [9.17, 15) is 0 Å². The Bertz CT molecular complexity index is 568. The van der Waals surface area contributed by atoms with Crippen molar-refractivity contribution in [3.05, 3.63) is 42.0 Å². The summed E-state index contributed by atoms with van der Waals surface area (Å²) in [5.41, 5.74) is 3.24. The van der Waals surface area contributed by atoms with Crippen LogP contribution in [0.2, 0.25) is 18.1 Å². The average Bonchev–Trinajstić information content (AvgIpc) is 2.57. The Balaban J connectivity index is 2.35. The normalized spacial score (nSPS) is 22.2. The maximum atomic E-state index is 6.52. The molecule has 0 aromatic heterocycles. The van der Waals surface area contributed by atoms with Crippen molar-refractivity contribution < 1.29 is 4.43 Å². The molecule has 128 valence electrons. The molecular weight excluding hydrogens is 296 g/mol. The molecule has 0 radical (unpaired) electrons. The second-order valence-corrected chi connectivity index (χ2v) is 13.7. The van der Waals surface area contributed by atoms with Gasteiger partial charge in [-0.1, -0.05) is 46.3 Å². The Morgan fingerprint density at radius 1 is 1.26 bits per heavy atom. The van der Waals surface area contributed by atoms with Crippen LogP contribution in [-0.2, 0) is 11.8 Å². The zero-order valence-corrected chi connectivity index (χ0v) is 17.0. The van der Waals surface area contributed by atoms with Crippen LogP contribution in [0.4, 0.5) is 0 Å². The minimum Gasteiger partial charge on any atom is -0.543 e. The van der Waals surface area contributed by atoms with E-state index in [1.54, 1.807) is 0 Å². The summed E-state index contributed by atoms with van der Waals surface area (Å²) in [5.74, 6) is 1.07. The summed E-state index contributed by atoms with van der Waals surface area (Å²) in [6.45, 7) is 17.9. The van der Waals surface area contributed by atoms with Gasteiger partial charge in [0.05, 0.1) is 0 Å². The lowest BCUT2D eigenvalue weighted by Gasteiger charge is -2.37. The lowest BCUT2D eigenvalue weighted by Crippen LogP contribution is -2.43. The van der Waals surface area contributed by atoms with Crippen LogP contribution in [0.5, 0.6) is 5.75 Å². The first kappa shape index (κ1) is 18.3. The molecule has 1 unspecified atom stereocenters. The minimum absolute atomic E-state index is 0.233. The molecule has 1 nitrogen and oxygen atoms in total. The lowest BCUT2D eigenvalue weighted by molar-refractivity contribution is 0.430. The number of rotatable bonds is 4. The minimum atomic E-state index is -1.77. The smallest absolute Gasteiger partial charge is 0.250 e. The molecule has 0 amide bonds. The monoisotopic (exact) mass is 330 g/mol. The number of aryl methyl sites for hydroxylation is 1. The van der Waals surface area contributed by atoms with Gasteiger partial charge in [-0.25, -0.2) is 0 Å². The molecule has 0 aliphatic heterocycles. The van der Waals surface area contributed by atoms with Crippen LogP contribution in [0.1, 0.15) is 64.5 Å². The maximum Gasteiger partial charge on any atom is 0.250 e. The number of fused-ring (bicyclic) bond motifs is 1. The van der Waals surface area contributed by atoms with Crippen molar-refractivity contribution in [1.82, 2.24) is 0 Å². The van der Waals surface area contributed by atoms with Gasteiger partial charge in [0.2, 0.25) is 8.32 Å². The molecule has 0 fully saturated rings. The van der Waals surface area contributed by atoms with E-state index in [0.717, 1.165) is 12.2 Å². The van der Waals surface area contributed by atoms with Crippen LogP contribution in [-0.4, -0.2) is 8.32 Å². The van der Waals surface area contributed by atoms with Crippen molar-refractivity contribution in [3.63, 3.8) is 0 Å². The Morgan fingerprint density at radius 3 is 2.57 bits per heavy atom. The highest BCUT2D eigenvalue weighted by atomic mass is 28.4. The van der Waals surface area contributed by atoms with E-state index in [-0.39, 0.29) is 10.5 Å². The summed E-state index contributed by atoms with van der Waals surface area (Å²) in [6, 6.07) is 6.85. The Kier molecular flexibility index (Phi) is 5.15. The number of benzene rings is 1. The van der Waals surface area contributed by atoms with Gasteiger partial charge in [0.25, 0.3) is 0 Å². The Morgan fingerprint density at radius 2 is 1.96 bits per heavy atom. The predicted octanol–water partition coefficient (Wildman–Crippen LogP) is 6.63. The van der Waals surface area contributed by atoms with E-state index < -0.39 is 8.32 Å². The van der Waals surface area contributed by atoms with Crippen LogP contribution >= 0.6 is 0 Å². The van der Waals surface area contributed by atoms with Crippen molar-refractivity contribution in [2.45, 2.75) is 83.3 Å². The Hall–Kier alpha value is -1.02. The van der Waals surface area contributed by atoms with E-state index in [0.29, 0.717) is 0 Å². The van der Waals surface area contributed by atoms with Crippen LogP contribution in [0, 0.1) is 0 Å². The third-order valence-corrected chi connectivity index (χ3v) is 10.3. The first-order valence-corrected chi connectivity index (χ1v) is 11.9. The van der Waals surface area contributed by atoms with Crippen LogP contribution < -0.4 is 4.43 Å². The zero-order chi connectivity index (χ0) is 17.3. The van der Waals surface area contributed by atoms with Gasteiger partial charge >= 0.3 is 0 Å². The topological polar surface area (TPSA) is 9.23 Å². The standard InChI is InChI=1S/C21H34OSi/c1-8-14-21(5)15-10-9-11-17-16-18(12-13-19(17)21)22-23(6,7)20(2,3)4/h8,12-13,16H,1,9-11,14-15H2,2-7H3. The zero-order valence-electron chi connectivity index (χ0n) is 16.0. The van der Waals surface area contributed by atoms with Gasteiger partial charge in [-0.3, -0.25) is 0 Å². The summed E-state index contributed by atoms with van der Waals surface area (Å²) in [7, 11) is -1.77. The average molecular weight is 331 g/mol. The summed E-state index contributed by atoms with van der Waals surface area (Å²) in [6.07, 6.45) is 8.16. The molecule has 1 aromatic rings. The van der Waals surface area contributed by atoms with Crippen LogP contribution in [0.3, 0.4) is 0 Å². The summed E-state index contributed by atoms with van der Waals surface area (Å²) in [4.78, 5) is 0. The van der Waals surface area contributed by atoms with Gasteiger partial charge in [-0.2, -0.15) is 0 Å². The molecule has 0 saturated heterocycles. The number of hydrogen-bond donors (Lipinski definition) is 0. The van der Waals surface area contributed by atoms with E-state index in [2.05, 4.69) is 71.6 Å². The maximum absolute atomic E-state index is 6.52. The van der Waals surface area contributed by atoms with Crippen molar-refractivity contribution in [3.8, 4) is 5.75 Å². The molecule has 0 N–H and O–H groups in total. The molecule has 0 saturated carbocycles. The molecule has 1 aromatic carbocycles. The van der Waals surface area contributed by atoms with Gasteiger partial charge in [0.15, 0.2) is 0 Å². The molecule has 2 rings (SSSR count). The third-order valence-electron chi connectivity index (χ3n) is 5.93. The quantitative estimate of drug-likeness (QED) is 0.342. The van der Waals surface area contributed by atoms with Crippen LogP contribution in [0.15, 0.2) is 30.9 Å². The van der Waals surface area contributed by atoms with E-state index in [1.165, 1.54) is 36.8 Å². The molecule has 0 spiro atoms. The molecule has 2 heteroatoms. The molecular formula is C21H34OSi. The van der Waals surface area contributed by atoms with Crippen molar-refractivity contribution >= 4 is 8.32 Å². The Labute approximate surface area is 144 Å². The second-order valence-electron chi connectivity index (χ2n) is 8.94. The fraction of sp³-hybridized carbons (Fsp3) is 0.619. The molecule has 1 aliphatic carbocycles. The molecule has 23 heavy (non-hydrogen) atoms. The van der Waals surface area contributed by atoms with E-state index in [1.807, 2.05) is 0 Å². The first-order valence-electron chi connectivity index (χ1n) is 9.02. The molecule has 0 bridgehead atoms. The van der Waals surface area contributed by atoms with E-state index in [4.69, 9.17) is 4.43 Å². The van der Waals surface area contributed by atoms with Crippen molar-refractivity contribution in [1.29, 1.82) is 0 Å². The molecule has 0 heterocycles. The fourth-order valence-electron chi connectivity index (χ4n) is 3.37. The fourth-order valence-corrected chi connectivity index (χ4v) is 4.40. The second kappa shape index (κ2) is 6.47. The largest absolute Gasteiger partial charge is 0.543 e. The number of allylic oxidation sites excluding steroid dienone is 1. The highest BCUT2D eigenvalue weighted by Gasteiger charge is 2.39. The highest BCUT2D eigenvalue weighted by Crippen LogP contribution is 2.42. The van der Waals surface area contributed by atoms with Gasteiger partial charge in [-0.05, 0) is 72.5 Å². The van der Waals surface area contributed by atoms with E-state index >= 15 is 0 Å². The first-order chi connectivity index (χ1) is 10.6. The van der Waals surface area contributed by atoms with Gasteiger partial charge < -0.3 is 4.43 Å². The summed E-state index contributed by atoms with van der Waals surface area (Å²) >= 11 is 0. The number of hydrogen-bond acceptors (Lipinski definition) is 1. The van der Waals surface area contributed by atoms with Crippen LogP contribution in [0.25, 0.3) is 0 Å². The summed E-state index contributed by atoms with van der Waals surface area (Å²) < 4.78 is 6.52. The van der Waals surface area contributed by atoms with Crippen molar-refractivity contribution in [2.75, 3.05) is 0 Å². The SMILES string of the molecule is C=CCC1(C)CCCCc2cc(O[Si](C)(C)C(C)(C)C)ccc21. The van der Waals surface area contributed by atoms with Gasteiger partial charge in [0.1, 0.15) is 5.75 Å². The van der Waals surface area contributed by atoms with Gasteiger partial charge in [0, 0.05) is 0 Å². The highest BCUT2D eigenvalue weighted by molar-refractivity contribution is 6.74. The molecule has 1 atom stereocenters. The predicted molar refractivity (Wildman–Crippen MR) is 104 cm³/mol. The lowest BCUT2D eigenvalue weighted by atomic mass is 9.75. The summed E-state index contributed by atoms with van der Waals surface area (Å²) in [5, 5.41) is 0.233. The van der Waals surface area contributed by atoms with Gasteiger partial charge in [-0.15, -0.1) is 6.58 Å². The molecule has 1 aliphatic rings.